The number of anilines is 1. The third-order valence-corrected chi connectivity index (χ3v) is 7.67. The number of amides is 1. The number of carbonyl (C=O) groups is 1. The van der Waals surface area contributed by atoms with Gasteiger partial charge in [-0.2, -0.15) is 0 Å². The van der Waals surface area contributed by atoms with E-state index in [1.165, 1.54) is 28.7 Å². The molecule has 0 aliphatic heterocycles. The molecule has 4 rings (SSSR count). The van der Waals surface area contributed by atoms with Crippen LogP contribution < -0.4 is 5.32 Å². The number of nitrogens with zero attached hydrogens (tertiary/aromatic N) is 2. The first-order chi connectivity index (χ1) is 15.3. The van der Waals surface area contributed by atoms with Crippen molar-refractivity contribution in [2.24, 2.45) is 0 Å². The van der Waals surface area contributed by atoms with Gasteiger partial charge in [-0.05, 0) is 23.3 Å². The molecule has 1 unspecified atom stereocenters. The lowest BCUT2D eigenvalue weighted by Gasteiger charge is -2.16. The molecule has 4 nitrogen and oxygen atoms in total. The van der Waals surface area contributed by atoms with E-state index in [1.54, 1.807) is 11.8 Å². The highest BCUT2D eigenvalue weighted by atomic mass is 32.2. The average molecular weight is 464 g/mol. The van der Waals surface area contributed by atoms with Gasteiger partial charge in [0.25, 0.3) is 0 Å². The Morgan fingerprint density at radius 1 is 0.839 bits per heavy atom. The van der Waals surface area contributed by atoms with Gasteiger partial charge >= 0.3 is 0 Å². The van der Waals surface area contributed by atoms with Crippen LogP contribution in [0.4, 0.5) is 5.13 Å². The maximum Gasteiger partial charge on any atom is 0.244 e. The first-order valence-corrected chi connectivity index (χ1v) is 12.6. The van der Waals surface area contributed by atoms with Crippen LogP contribution in [0.15, 0.2) is 95.9 Å². The fraction of sp³-hybridized carbons (Fsp3) is 0.125. The summed E-state index contributed by atoms with van der Waals surface area (Å²) in [6, 6.07) is 30.1. The Morgan fingerprint density at radius 3 is 2.19 bits per heavy atom. The zero-order valence-electron chi connectivity index (χ0n) is 16.7. The first-order valence-electron chi connectivity index (χ1n) is 9.79. The molecule has 1 amide bonds. The van der Waals surface area contributed by atoms with Gasteiger partial charge in [-0.15, -0.1) is 33.7 Å². The molecule has 1 N–H and O–H groups in total. The summed E-state index contributed by atoms with van der Waals surface area (Å²) >= 11 is 4.75. The largest absolute Gasteiger partial charge is 0.299 e. The molecule has 31 heavy (non-hydrogen) atoms. The number of rotatable bonds is 9. The van der Waals surface area contributed by atoms with Gasteiger partial charge in [0, 0.05) is 16.4 Å². The van der Waals surface area contributed by atoms with E-state index in [0.29, 0.717) is 5.13 Å². The normalized spacial score (nSPS) is 11.7. The minimum Gasteiger partial charge on any atom is -0.299 e. The molecule has 0 fully saturated rings. The molecule has 0 aliphatic rings. The first kappa shape index (κ1) is 21.6. The van der Waals surface area contributed by atoms with Crippen molar-refractivity contribution in [3.05, 3.63) is 107 Å². The second-order valence-electron chi connectivity index (χ2n) is 6.69. The van der Waals surface area contributed by atoms with Gasteiger partial charge < -0.3 is 0 Å². The fourth-order valence-electron chi connectivity index (χ4n) is 2.90. The van der Waals surface area contributed by atoms with Gasteiger partial charge in [0.05, 0.1) is 0 Å². The molecule has 1 heterocycles. The van der Waals surface area contributed by atoms with E-state index in [9.17, 15) is 4.79 Å². The summed E-state index contributed by atoms with van der Waals surface area (Å²) in [5.41, 5.74) is 2.24. The molecular weight excluding hydrogens is 442 g/mol. The second-order valence-corrected chi connectivity index (χ2v) is 9.92. The van der Waals surface area contributed by atoms with Gasteiger partial charge in [0.2, 0.25) is 11.0 Å². The fourth-order valence-corrected chi connectivity index (χ4v) is 5.73. The molecule has 0 aliphatic carbocycles. The quantitative estimate of drug-likeness (QED) is 0.289. The summed E-state index contributed by atoms with van der Waals surface area (Å²) in [6.07, 6.45) is 0. The average Bonchev–Trinajstić information content (AvgIpc) is 3.26. The molecule has 0 bridgehead atoms. The number of benzene rings is 3. The molecule has 4 aromatic rings. The van der Waals surface area contributed by atoms with Gasteiger partial charge in [-0.3, -0.25) is 10.1 Å². The molecule has 1 atom stereocenters. The predicted molar refractivity (Wildman–Crippen MR) is 131 cm³/mol. The Morgan fingerprint density at radius 2 is 1.48 bits per heavy atom. The van der Waals surface area contributed by atoms with Crippen LogP contribution in [0, 0.1) is 0 Å². The van der Waals surface area contributed by atoms with Crippen molar-refractivity contribution >= 4 is 45.9 Å². The molecular formula is C24H21N3OS3. The number of hydrogen-bond acceptors (Lipinski definition) is 6. The van der Waals surface area contributed by atoms with Crippen molar-refractivity contribution in [3.8, 4) is 0 Å². The monoisotopic (exact) mass is 463 g/mol. The number of carbonyl (C=O) groups excluding carboxylic acids is 1. The SMILES string of the molecule is O=C(Nc1nnc(CSCc2ccccc2)s1)C(Sc1ccccc1)c1ccccc1. The van der Waals surface area contributed by atoms with Crippen molar-refractivity contribution in [3.63, 3.8) is 0 Å². The molecule has 3 aromatic carbocycles. The maximum absolute atomic E-state index is 13.1. The number of thioether (sulfide) groups is 2. The molecule has 156 valence electrons. The van der Waals surface area contributed by atoms with Crippen LogP contribution in [0.3, 0.4) is 0 Å². The van der Waals surface area contributed by atoms with Crippen LogP contribution in [0.2, 0.25) is 0 Å². The molecule has 0 saturated heterocycles. The number of nitrogens with one attached hydrogen (secondary N) is 1. The third kappa shape index (κ3) is 6.43. The van der Waals surface area contributed by atoms with Crippen LogP contribution in [0.5, 0.6) is 0 Å². The molecule has 7 heteroatoms. The van der Waals surface area contributed by atoms with Crippen LogP contribution in [0.25, 0.3) is 0 Å². The molecule has 0 radical (unpaired) electrons. The lowest BCUT2D eigenvalue weighted by Crippen LogP contribution is -2.18. The van der Waals surface area contributed by atoms with Crippen molar-refractivity contribution in [2.45, 2.75) is 21.7 Å². The predicted octanol–water partition coefficient (Wildman–Crippen LogP) is 6.44. The Bertz CT molecular complexity index is 1090. The standard InChI is InChI=1S/C24H21N3OS3/c28-23(22(19-12-6-2-7-13-19)30-20-14-8-3-9-15-20)25-24-27-26-21(31-24)17-29-16-18-10-4-1-5-11-18/h1-15,22H,16-17H2,(H,25,27,28). The number of hydrogen-bond donors (Lipinski definition) is 1. The van der Waals surface area contributed by atoms with E-state index in [-0.39, 0.29) is 11.2 Å². The van der Waals surface area contributed by atoms with Crippen LogP contribution in [0.1, 0.15) is 21.4 Å². The van der Waals surface area contributed by atoms with E-state index < -0.39 is 0 Å². The smallest absolute Gasteiger partial charge is 0.244 e. The van der Waals surface area contributed by atoms with Crippen LogP contribution in [-0.2, 0) is 16.3 Å². The summed E-state index contributed by atoms with van der Waals surface area (Å²) in [7, 11) is 0. The van der Waals surface area contributed by atoms with E-state index in [1.807, 2.05) is 78.9 Å². The van der Waals surface area contributed by atoms with Gasteiger partial charge in [0.1, 0.15) is 10.3 Å². The van der Waals surface area contributed by atoms with Gasteiger partial charge in [0.15, 0.2) is 0 Å². The third-order valence-electron chi connectivity index (χ3n) is 4.37. The van der Waals surface area contributed by atoms with Gasteiger partial charge in [-0.25, -0.2) is 0 Å². The lowest BCUT2D eigenvalue weighted by molar-refractivity contribution is -0.115. The summed E-state index contributed by atoms with van der Waals surface area (Å²) in [4.78, 5) is 14.2. The highest BCUT2D eigenvalue weighted by Crippen LogP contribution is 2.36. The van der Waals surface area contributed by atoms with Crippen LogP contribution in [-0.4, -0.2) is 16.1 Å². The second kappa shape index (κ2) is 11.1. The van der Waals surface area contributed by atoms with E-state index in [0.717, 1.165) is 27.0 Å². The topological polar surface area (TPSA) is 54.9 Å². The molecule has 0 saturated carbocycles. The summed E-state index contributed by atoms with van der Waals surface area (Å²) in [5.74, 6) is 1.59. The van der Waals surface area contributed by atoms with Crippen molar-refractivity contribution < 1.29 is 4.79 Å². The minimum atomic E-state index is -0.372. The molecule has 1 aromatic heterocycles. The highest BCUT2D eigenvalue weighted by molar-refractivity contribution is 8.00. The van der Waals surface area contributed by atoms with Crippen molar-refractivity contribution in [1.82, 2.24) is 10.2 Å². The summed E-state index contributed by atoms with van der Waals surface area (Å²) in [6.45, 7) is 0. The Hall–Kier alpha value is -2.61. The zero-order chi connectivity index (χ0) is 21.3. The van der Waals surface area contributed by atoms with Crippen molar-refractivity contribution in [2.75, 3.05) is 5.32 Å². The summed E-state index contributed by atoms with van der Waals surface area (Å²) in [5, 5.41) is 12.5. The Labute approximate surface area is 194 Å². The zero-order valence-corrected chi connectivity index (χ0v) is 19.1. The van der Waals surface area contributed by atoms with Crippen molar-refractivity contribution in [1.29, 1.82) is 0 Å². The summed E-state index contributed by atoms with van der Waals surface area (Å²) < 4.78 is 0. The Balaban J connectivity index is 1.39. The van der Waals surface area contributed by atoms with Crippen LogP contribution >= 0.6 is 34.9 Å². The van der Waals surface area contributed by atoms with E-state index in [4.69, 9.17) is 0 Å². The maximum atomic E-state index is 13.1. The lowest BCUT2D eigenvalue weighted by atomic mass is 10.1. The molecule has 0 spiro atoms. The minimum absolute atomic E-state index is 0.0975. The van der Waals surface area contributed by atoms with E-state index in [2.05, 4.69) is 27.6 Å². The van der Waals surface area contributed by atoms with E-state index >= 15 is 0 Å². The van der Waals surface area contributed by atoms with Gasteiger partial charge in [-0.1, -0.05) is 90.2 Å². The number of aromatic nitrogens is 2. The highest BCUT2D eigenvalue weighted by Gasteiger charge is 2.23. The Kier molecular flexibility index (Phi) is 7.76.